The maximum atomic E-state index is 11.5. The summed E-state index contributed by atoms with van der Waals surface area (Å²) in [4.78, 5) is 11.5. The predicted molar refractivity (Wildman–Crippen MR) is 51.9 cm³/mol. The Balaban J connectivity index is 2.60. The van der Waals surface area contributed by atoms with Crippen LogP contribution in [0.4, 0.5) is 5.82 Å². The molecule has 0 aliphatic carbocycles. The minimum Gasteiger partial charge on any atom is -0.396 e. The molecular weight excluding hydrogens is 200 g/mol. The van der Waals surface area contributed by atoms with Gasteiger partial charge in [-0.05, 0) is 23.2 Å². The second-order valence-corrected chi connectivity index (χ2v) is 3.42. The Morgan fingerprint density at radius 1 is 1.60 bits per heavy atom. The van der Waals surface area contributed by atoms with Gasteiger partial charge in [-0.2, -0.15) is 0 Å². The van der Waals surface area contributed by atoms with Gasteiger partial charge in [-0.1, -0.05) is 6.92 Å². The summed E-state index contributed by atoms with van der Waals surface area (Å²) in [7, 11) is 0. The summed E-state index contributed by atoms with van der Waals surface area (Å²) in [5, 5.41) is 18.2. The van der Waals surface area contributed by atoms with Crippen molar-refractivity contribution in [1.29, 1.82) is 0 Å². The molecule has 1 amide bonds. The number of carbonyl (C=O) groups excluding carboxylic acids is 1. The maximum absolute atomic E-state index is 11.5. The van der Waals surface area contributed by atoms with Gasteiger partial charge in [0, 0.05) is 12.6 Å². The summed E-state index contributed by atoms with van der Waals surface area (Å²) in [6, 6.07) is -0.182. The van der Waals surface area contributed by atoms with E-state index in [0.717, 1.165) is 0 Å². The number of nitrogen functional groups attached to an aromatic ring is 1. The van der Waals surface area contributed by atoms with Crippen LogP contribution in [0.25, 0.3) is 0 Å². The summed E-state index contributed by atoms with van der Waals surface area (Å²) in [5.41, 5.74) is 5.31. The van der Waals surface area contributed by atoms with Crippen LogP contribution in [0.2, 0.25) is 0 Å². The molecule has 4 N–H and O–H groups in total. The fourth-order valence-electron chi connectivity index (χ4n) is 0.929. The van der Waals surface area contributed by atoms with E-state index < -0.39 is 5.91 Å². The van der Waals surface area contributed by atoms with Gasteiger partial charge in [0.05, 0.1) is 0 Å². The Bertz CT molecular complexity index is 338. The van der Waals surface area contributed by atoms with Crippen LogP contribution in [0.1, 0.15) is 24.3 Å². The van der Waals surface area contributed by atoms with Crippen molar-refractivity contribution >= 4 is 11.7 Å². The minimum absolute atomic E-state index is 0.00596. The highest BCUT2D eigenvalue weighted by molar-refractivity contribution is 5.96. The number of nitrogens with two attached hydrogens (primary N) is 1. The number of aromatic nitrogens is 2. The Morgan fingerprint density at radius 2 is 2.27 bits per heavy atom. The van der Waals surface area contributed by atoms with Gasteiger partial charge >= 0.3 is 0 Å². The van der Waals surface area contributed by atoms with Gasteiger partial charge in [0.25, 0.3) is 5.91 Å². The molecule has 0 aliphatic heterocycles. The van der Waals surface area contributed by atoms with Crippen LogP contribution in [0.5, 0.6) is 0 Å². The lowest BCUT2D eigenvalue weighted by molar-refractivity contribution is 0.0907. The molecule has 0 radical (unpaired) electrons. The number of rotatable bonds is 4. The minimum atomic E-state index is -0.457. The highest BCUT2D eigenvalue weighted by Gasteiger charge is 2.20. The first-order valence-electron chi connectivity index (χ1n) is 4.56. The largest absolute Gasteiger partial charge is 0.396 e. The van der Waals surface area contributed by atoms with Crippen molar-refractivity contribution in [3.05, 3.63) is 5.69 Å². The van der Waals surface area contributed by atoms with E-state index in [1.54, 1.807) is 6.92 Å². The lowest BCUT2D eigenvalue weighted by atomic mass is 10.1. The van der Waals surface area contributed by atoms with Crippen molar-refractivity contribution in [2.45, 2.75) is 19.9 Å². The number of anilines is 1. The highest BCUT2D eigenvalue weighted by atomic mass is 16.6. The molecule has 1 rings (SSSR count). The number of aliphatic hydroxyl groups is 1. The van der Waals surface area contributed by atoms with Crippen molar-refractivity contribution < 1.29 is 14.5 Å². The molecule has 1 aromatic rings. The Morgan fingerprint density at radius 3 is 2.73 bits per heavy atom. The number of hydrogen-bond acceptors (Lipinski definition) is 6. The number of nitrogens with zero attached hydrogens (tertiary/aromatic N) is 2. The van der Waals surface area contributed by atoms with Crippen molar-refractivity contribution in [2.24, 2.45) is 5.92 Å². The zero-order chi connectivity index (χ0) is 11.4. The van der Waals surface area contributed by atoms with Crippen molar-refractivity contribution in [1.82, 2.24) is 15.6 Å². The average molecular weight is 214 g/mol. The summed E-state index contributed by atoms with van der Waals surface area (Å²) < 4.78 is 4.30. The van der Waals surface area contributed by atoms with Crippen LogP contribution in [0.3, 0.4) is 0 Å². The number of nitrogens with one attached hydrogen (secondary N) is 1. The van der Waals surface area contributed by atoms with E-state index in [2.05, 4.69) is 20.3 Å². The van der Waals surface area contributed by atoms with Gasteiger partial charge in [0.2, 0.25) is 11.5 Å². The molecule has 7 heteroatoms. The van der Waals surface area contributed by atoms with E-state index in [9.17, 15) is 4.79 Å². The smallest absolute Gasteiger partial charge is 0.277 e. The van der Waals surface area contributed by atoms with E-state index in [1.807, 2.05) is 6.92 Å². The molecule has 7 nitrogen and oxygen atoms in total. The van der Waals surface area contributed by atoms with E-state index in [4.69, 9.17) is 10.8 Å². The molecule has 0 bridgehead atoms. The molecule has 2 atom stereocenters. The number of amides is 1. The van der Waals surface area contributed by atoms with E-state index in [1.165, 1.54) is 0 Å². The SMILES string of the molecule is CC(CO)C(C)NC(=O)c1nonc1N. The zero-order valence-electron chi connectivity index (χ0n) is 8.60. The first-order valence-corrected chi connectivity index (χ1v) is 4.56. The quantitative estimate of drug-likeness (QED) is 0.616. The Hall–Kier alpha value is -1.63. The normalized spacial score (nSPS) is 14.6. The molecule has 0 fully saturated rings. The maximum Gasteiger partial charge on any atom is 0.277 e. The predicted octanol–water partition coefficient (Wildman–Crippen LogP) is -0.602. The summed E-state index contributed by atoms with van der Waals surface area (Å²) in [5.74, 6) is -0.548. The number of carbonyl (C=O) groups is 1. The standard InChI is InChI=1S/C8H14N4O3/c1-4(3-13)5(2)10-8(14)6-7(9)12-15-11-6/h4-5,13H,3H2,1-2H3,(H2,9,12)(H,10,14). The number of hydrogen-bond donors (Lipinski definition) is 3. The van der Waals surface area contributed by atoms with Crippen LogP contribution < -0.4 is 11.1 Å². The van der Waals surface area contributed by atoms with E-state index in [-0.39, 0.29) is 30.1 Å². The molecule has 0 saturated heterocycles. The van der Waals surface area contributed by atoms with Crippen molar-refractivity contribution in [2.75, 3.05) is 12.3 Å². The molecule has 15 heavy (non-hydrogen) atoms. The molecule has 0 aromatic carbocycles. The van der Waals surface area contributed by atoms with Gasteiger partial charge < -0.3 is 16.2 Å². The van der Waals surface area contributed by atoms with Crippen molar-refractivity contribution in [3.63, 3.8) is 0 Å². The van der Waals surface area contributed by atoms with Crippen LogP contribution in [-0.4, -0.2) is 34.0 Å². The second kappa shape index (κ2) is 4.74. The third-order valence-electron chi connectivity index (χ3n) is 2.23. The fourth-order valence-corrected chi connectivity index (χ4v) is 0.929. The first-order chi connectivity index (χ1) is 7.06. The summed E-state index contributed by atoms with van der Waals surface area (Å²) in [6.07, 6.45) is 0. The molecule has 1 heterocycles. The zero-order valence-corrected chi connectivity index (χ0v) is 8.60. The molecule has 0 spiro atoms. The molecule has 84 valence electrons. The van der Waals surface area contributed by atoms with Gasteiger partial charge in [0.1, 0.15) is 0 Å². The summed E-state index contributed by atoms with van der Waals surface area (Å²) in [6.45, 7) is 3.59. The van der Waals surface area contributed by atoms with Crippen LogP contribution in [0, 0.1) is 5.92 Å². The Kier molecular flexibility index (Phi) is 3.62. The topological polar surface area (TPSA) is 114 Å². The molecule has 0 aliphatic rings. The molecule has 1 aromatic heterocycles. The van der Waals surface area contributed by atoms with Crippen molar-refractivity contribution in [3.8, 4) is 0 Å². The lowest BCUT2D eigenvalue weighted by Crippen LogP contribution is -2.38. The van der Waals surface area contributed by atoms with E-state index in [0.29, 0.717) is 0 Å². The van der Waals surface area contributed by atoms with Gasteiger partial charge in [-0.25, -0.2) is 4.63 Å². The lowest BCUT2D eigenvalue weighted by Gasteiger charge is -2.18. The van der Waals surface area contributed by atoms with Crippen LogP contribution in [0.15, 0.2) is 4.63 Å². The third kappa shape index (κ3) is 2.66. The molecule has 0 saturated carbocycles. The molecular formula is C8H14N4O3. The first kappa shape index (κ1) is 11.4. The number of aliphatic hydroxyl groups excluding tert-OH is 1. The fraction of sp³-hybridized carbons (Fsp3) is 0.625. The monoisotopic (exact) mass is 214 g/mol. The summed E-state index contributed by atoms with van der Waals surface area (Å²) >= 11 is 0. The van der Waals surface area contributed by atoms with E-state index >= 15 is 0 Å². The second-order valence-electron chi connectivity index (χ2n) is 3.42. The average Bonchev–Trinajstić information content (AvgIpc) is 2.63. The Labute approximate surface area is 86.6 Å². The highest BCUT2D eigenvalue weighted by Crippen LogP contribution is 2.06. The van der Waals surface area contributed by atoms with Crippen LogP contribution >= 0.6 is 0 Å². The van der Waals surface area contributed by atoms with Gasteiger partial charge in [-0.15, -0.1) is 0 Å². The van der Waals surface area contributed by atoms with Gasteiger partial charge in [0.15, 0.2) is 0 Å². The van der Waals surface area contributed by atoms with Gasteiger partial charge in [-0.3, -0.25) is 4.79 Å². The van der Waals surface area contributed by atoms with Crippen LogP contribution in [-0.2, 0) is 0 Å². The third-order valence-corrected chi connectivity index (χ3v) is 2.23. The molecule has 2 unspecified atom stereocenters.